The molecule has 0 aromatic heterocycles. The molecule has 0 radical (unpaired) electrons. The summed E-state index contributed by atoms with van der Waals surface area (Å²) in [4.78, 5) is 28.7. The van der Waals surface area contributed by atoms with Crippen molar-refractivity contribution in [2.45, 2.75) is 57.4 Å². The highest BCUT2D eigenvalue weighted by Crippen LogP contribution is 2.38. The van der Waals surface area contributed by atoms with Gasteiger partial charge < -0.3 is 5.32 Å². The van der Waals surface area contributed by atoms with E-state index in [1.807, 2.05) is 0 Å². The minimum absolute atomic E-state index is 0.0141. The second kappa shape index (κ2) is 5.35. The van der Waals surface area contributed by atoms with Crippen LogP contribution in [-0.2, 0) is 4.79 Å². The van der Waals surface area contributed by atoms with Crippen molar-refractivity contribution in [1.82, 2.24) is 15.1 Å². The second-order valence-corrected chi connectivity index (χ2v) is 6.60. The molecular formula is C15H25N3O2. The molecule has 5 nitrogen and oxygen atoms in total. The number of imide groups is 1. The third-order valence-electron chi connectivity index (χ3n) is 5.29. The maximum Gasteiger partial charge on any atom is 0.326 e. The molecule has 112 valence electrons. The first-order valence-corrected chi connectivity index (χ1v) is 8.00. The lowest BCUT2D eigenvalue weighted by Gasteiger charge is -2.37. The van der Waals surface area contributed by atoms with Crippen LogP contribution in [0.2, 0.25) is 0 Å². The molecule has 3 amide bonds. The second-order valence-electron chi connectivity index (χ2n) is 6.60. The van der Waals surface area contributed by atoms with Crippen molar-refractivity contribution in [3.63, 3.8) is 0 Å². The predicted octanol–water partition coefficient (Wildman–Crippen LogP) is 1.93. The molecule has 1 aliphatic carbocycles. The number of rotatable bonds is 2. The van der Waals surface area contributed by atoms with Gasteiger partial charge in [0.05, 0.1) is 6.67 Å². The minimum atomic E-state index is -0.606. The Kier molecular flexibility index (Phi) is 3.71. The van der Waals surface area contributed by atoms with Crippen molar-refractivity contribution in [3.05, 3.63) is 0 Å². The predicted molar refractivity (Wildman–Crippen MR) is 76.0 cm³/mol. The number of nitrogens with zero attached hydrogens (tertiary/aromatic N) is 2. The van der Waals surface area contributed by atoms with Gasteiger partial charge in [0.1, 0.15) is 5.54 Å². The smallest absolute Gasteiger partial charge is 0.323 e. The van der Waals surface area contributed by atoms with E-state index in [1.54, 1.807) is 0 Å². The van der Waals surface area contributed by atoms with Gasteiger partial charge in [-0.1, -0.05) is 26.2 Å². The normalized spacial score (nSPS) is 35.6. The highest BCUT2D eigenvalue weighted by molar-refractivity contribution is 6.07. The molecule has 1 N–H and O–H groups in total. The first kappa shape index (κ1) is 13.9. The Labute approximate surface area is 120 Å². The maximum absolute atomic E-state index is 12.8. The fraction of sp³-hybridized carbons (Fsp3) is 0.867. The molecule has 0 aromatic rings. The van der Waals surface area contributed by atoms with Crippen LogP contribution < -0.4 is 5.32 Å². The molecule has 2 aliphatic heterocycles. The van der Waals surface area contributed by atoms with Crippen LogP contribution in [-0.4, -0.2) is 47.0 Å². The number of piperidine rings is 1. The van der Waals surface area contributed by atoms with E-state index in [0.717, 1.165) is 38.8 Å². The lowest BCUT2D eigenvalue weighted by molar-refractivity contribution is -0.135. The fourth-order valence-corrected chi connectivity index (χ4v) is 3.92. The fourth-order valence-electron chi connectivity index (χ4n) is 3.92. The van der Waals surface area contributed by atoms with Crippen molar-refractivity contribution < 1.29 is 9.59 Å². The molecule has 3 fully saturated rings. The number of carbonyl (C=O) groups excluding carboxylic acids is 2. The highest BCUT2D eigenvalue weighted by Gasteiger charge is 2.54. The first-order valence-electron chi connectivity index (χ1n) is 8.00. The molecule has 2 heterocycles. The summed E-state index contributed by atoms with van der Waals surface area (Å²) < 4.78 is 0. The zero-order valence-electron chi connectivity index (χ0n) is 12.4. The van der Waals surface area contributed by atoms with Crippen LogP contribution in [0.25, 0.3) is 0 Å². The molecule has 3 aliphatic rings. The lowest BCUT2D eigenvalue weighted by atomic mass is 9.73. The molecule has 2 saturated heterocycles. The number of hydrogen-bond acceptors (Lipinski definition) is 3. The third-order valence-corrected chi connectivity index (χ3v) is 5.29. The Bertz CT molecular complexity index is 406. The van der Waals surface area contributed by atoms with Crippen molar-refractivity contribution in [3.8, 4) is 0 Å². The van der Waals surface area contributed by atoms with Gasteiger partial charge in [0.2, 0.25) is 0 Å². The number of carbonyl (C=O) groups is 2. The van der Waals surface area contributed by atoms with Crippen molar-refractivity contribution >= 4 is 11.9 Å². The standard InChI is InChI=1S/C15H25N3O2/c1-12-7-3-4-8-15(12)13(19)18(14(20)16-15)11-17-9-5-2-6-10-17/h12H,2-11H2,1H3,(H,16,20). The lowest BCUT2D eigenvalue weighted by Crippen LogP contribution is -2.54. The quantitative estimate of drug-likeness (QED) is 0.786. The van der Waals surface area contributed by atoms with E-state index in [9.17, 15) is 9.59 Å². The van der Waals surface area contributed by atoms with Crippen LogP contribution in [0.4, 0.5) is 4.79 Å². The first-order chi connectivity index (χ1) is 9.63. The van der Waals surface area contributed by atoms with Gasteiger partial charge in [0, 0.05) is 0 Å². The van der Waals surface area contributed by atoms with Crippen molar-refractivity contribution in [2.75, 3.05) is 19.8 Å². The molecule has 20 heavy (non-hydrogen) atoms. The summed E-state index contributed by atoms with van der Waals surface area (Å²) in [6, 6.07) is -0.186. The van der Waals surface area contributed by atoms with Gasteiger partial charge >= 0.3 is 6.03 Å². The Morgan fingerprint density at radius 1 is 1.15 bits per heavy atom. The van der Waals surface area contributed by atoms with E-state index in [0.29, 0.717) is 6.67 Å². The van der Waals surface area contributed by atoms with Gasteiger partial charge in [0.15, 0.2) is 0 Å². The number of likely N-dealkylation sites (tertiary alicyclic amines) is 1. The van der Waals surface area contributed by atoms with E-state index in [-0.39, 0.29) is 17.9 Å². The third kappa shape index (κ3) is 2.22. The number of urea groups is 1. The molecular weight excluding hydrogens is 254 g/mol. The van der Waals surface area contributed by atoms with Crippen LogP contribution >= 0.6 is 0 Å². The molecule has 1 saturated carbocycles. The zero-order chi connectivity index (χ0) is 14.2. The van der Waals surface area contributed by atoms with Crippen molar-refractivity contribution in [1.29, 1.82) is 0 Å². The summed E-state index contributed by atoms with van der Waals surface area (Å²) in [5.74, 6) is 0.263. The minimum Gasteiger partial charge on any atom is -0.323 e. The largest absolute Gasteiger partial charge is 0.326 e. The Hall–Kier alpha value is -1.10. The molecule has 0 aromatic carbocycles. The monoisotopic (exact) mass is 279 g/mol. The number of amides is 3. The van der Waals surface area contributed by atoms with Crippen LogP contribution in [0, 0.1) is 5.92 Å². The maximum atomic E-state index is 12.8. The average Bonchev–Trinajstić information content (AvgIpc) is 2.69. The van der Waals surface area contributed by atoms with E-state index >= 15 is 0 Å². The Balaban J connectivity index is 1.72. The van der Waals surface area contributed by atoms with Crippen molar-refractivity contribution in [2.24, 2.45) is 5.92 Å². The highest BCUT2D eigenvalue weighted by atomic mass is 16.2. The summed E-state index contributed by atoms with van der Waals surface area (Å²) in [5, 5.41) is 3.02. The molecule has 3 rings (SSSR count). The molecule has 5 heteroatoms. The average molecular weight is 279 g/mol. The SMILES string of the molecule is CC1CCCCC12NC(=O)N(CN1CCCCC1)C2=O. The van der Waals surface area contributed by atoms with Crippen LogP contribution in [0.1, 0.15) is 51.9 Å². The number of nitrogens with one attached hydrogen (secondary N) is 1. The molecule has 0 bridgehead atoms. The summed E-state index contributed by atoms with van der Waals surface area (Å²) in [6.45, 7) is 4.57. The van der Waals surface area contributed by atoms with E-state index in [4.69, 9.17) is 0 Å². The van der Waals surface area contributed by atoms with Gasteiger partial charge in [-0.05, 0) is 44.7 Å². The van der Waals surface area contributed by atoms with E-state index in [1.165, 1.54) is 24.2 Å². The van der Waals surface area contributed by atoms with Gasteiger partial charge in [-0.25, -0.2) is 9.69 Å². The van der Waals surface area contributed by atoms with Gasteiger partial charge in [0.25, 0.3) is 5.91 Å². The van der Waals surface area contributed by atoms with Crippen LogP contribution in [0.3, 0.4) is 0 Å². The van der Waals surface area contributed by atoms with Crippen LogP contribution in [0.15, 0.2) is 0 Å². The summed E-state index contributed by atoms with van der Waals surface area (Å²) >= 11 is 0. The topological polar surface area (TPSA) is 52.7 Å². The molecule has 2 atom stereocenters. The Morgan fingerprint density at radius 3 is 2.60 bits per heavy atom. The van der Waals surface area contributed by atoms with Gasteiger partial charge in [-0.2, -0.15) is 0 Å². The van der Waals surface area contributed by atoms with Gasteiger partial charge in [-0.15, -0.1) is 0 Å². The van der Waals surface area contributed by atoms with E-state index in [2.05, 4.69) is 17.1 Å². The Morgan fingerprint density at radius 2 is 1.90 bits per heavy atom. The molecule has 1 spiro atoms. The summed E-state index contributed by atoms with van der Waals surface area (Å²) in [5.41, 5.74) is -0.606. The van der Waals surface area contributed by atoms with Crippen LogP contribution in [0.5, 0.6) is 0 Å². The summed E-state index contributed by atoms with van der Waals surface area (Å²) in [6.07, 6.45) is 7.64. The summed E-state index contributed by atoms with van der Waals surface area (Å²) in [7, 11) is 0. The molecule has 2 unspecified atom stereocenters. The van der Waals surface area contributed by atoms with E-state index < -0.39 is 5.54 Å². The number of hydrogen-bond donors (Lipinski definition) is 1. The zero-order valence-corrected chi connectivity index (χ0v) is 12.4. The van der Waals surface area contributed by atoms with Gasteiger partial charge in [-0.3, -0.25) is 9.69 Å².